The van der Waals surface area contributed by atoms with Crippen LogP contribution in [0, 0.1) is 0 Å². The van der Waals surface area contributed by atoms with Gasteiger partial charge in [-0.25, -0.2) is 0 Å². The molecule has 6 nitrogen and oxygen atoms in total. The summed E-state index contributed by atoms with van der Waals surface area (Å²) in [7, 11) is 0. The standard InChI is InChI=1S/C48H27NO.2C44H25NO/c1-2-15-31-29(13-1)30-14-3-4-18-34(30)40-27-28(25-26-35(31)40)49-41-23-11-9-21-38(41)45-43-36-19-7-5-16-32(36)33-17-6-8-20-37(33)44(43)46-39-22-10-12-24-42(39)50-48(46)47(45)49;1-2-14-27-26(13-1)25-37(31-18-6-3-15-28(27)31)45-36-23-11-9-21-34(36)41-39-32-19-7-4-16-29(32)30-17-5-8-20-33(30)40(39)42-35-22-10-12-24-38(35)46-44(42)43(41)45;1-2-12-29-26(11-1)21-22-27-23-24-28(25-36(27)29)45-37-19-9-7-17-34(37)41-39-32-15-5-3-13-30(32)31-14-4-6-16-33(31)40(39)42-35-18-8-10-20-38(35)46-44(42)43(41)45/h1-27H;2*1-25H. The van der Waals surface area contributed by atoms with Crippen molar-refractivity contribution in [3.63, 3.8) is 0 Å². The van der Waals surface area contributed by atoms with Crippen molar-refractivity contribution >= 4 is 304 Å². The van der Waals surface area contributed by atoms with Gasteiger partial charge in [0.1, 0.15) is 16.7 Å². The van der Waals surface area contributed by atoms with Crippen molar-refractivity contribution in [1.29, 1.82) is 0 Å². The molecule has 0 unspecified atom stereocenters. The van der Waals surface area contributed by atoms with Crippen LogP contribution in [0.15, 0.2) is 480 Å². The van der Waals surface area contributed by atoms with Crippen molar-refractivity contribution in [1.82, 2.24) is 13.7 Å². The van der Waals surface area contributed by atoms with Gasteiger partial charge in [-0.05, 0) is 201 Å². The molecule has 6 heteroatoms. The second kappa shape index (κ2) is 29.3. The minimum absolute atomic E-state index is 0.904. The molecule has 6 aromatic heterocycles. The molecule has 0 aliphatic heterocycles. The maximum Gasteiger partial charge on any atom is 0.160 e. The quantitative estimate of drug-likeness (QED) is 0.166. The Morgan fingerprint density at radius 2 is 0.352 bits per heavy atom. The molecule has 0 amide bonds. The molecule has 0 saturated heterocycles. The number of rotatable bonds is 3. The Bertz CT molecular complexity index is 11600. The van der Waals surface area contributed by atoms with E-state index in [0.717, 1.165) is 83.3 Å². The molecule has 0 aliphatic rings. The molecule has 0 spiro atoms. The number of furan rings is 3. The largest absolute Gasteiger partial charge is 0.454 e. The third-order valence-corrected chi connectivity index (χ3v) is 31.3. The van der Waals surface area contributed by atoms with Gasteiger partial charge < -0.3 is 27.0 Å². The maximum atomic E-state index is 7.02. The molecule has 34 aromatic rings. The van der Waals surface area contributed by atoms with Crippen LogP contribution in [-0.2, 0) is 0 Å². The lowest BCUT2D eigenvalue weighted by atomic mass is 9.89. The van der Waals surface area contributed by atoms with Gasteiger partial charge in [0, 0.05) is 114 Å². The average molecular weight is 1800 g/mol. The van der Waals surface area contributed by atoms with Crippen LogP contribution in [0.5, 0.6) is 0 Å². The summed E-state index contributed by atoms with van der Waals surface area (Å²) >= 11 is 0. The van der Waals surface area contributed by atoms with Crippen LogP contribution < -0.4 is 0 Å². The van der Waals surface area contributed by atoms with E-state index >= 15 is 0 Å². The first-order valence-corrected chi connectivity index (χ1v) is 49.0. The highest BCUT2D eigenvalue weighted by Crippen LogP contribution is 2.57. The molecule has 0 aliphatic carbocycles. The first-order chi connectivity index (χ1) is 70.6. The summed E-state index contributed by atoms with van der Waals surface area (Å²) in [5.74, 6) is 0. The monoisotopic (exact) mass is 1800 g/mol. The molecule has 0 saturated carbocycles. The van der Waals surface area contributed by atoms with Gasteiger partial charge in [0.15, 0.2) is 16.7 Å². The molecule has 0 radical (unpaired) electrons. The SMILES string of the molecule is c1ccc2c(c1)cc(-n1c3ccccc3c3c4c5ccccc5c5ccccc5c4c4c5ccccc5oc4c31)c1ccccc12.c1ccc2c(c1)ccc1ccc(-n3c4ccccc4c4c5c6ccccc6c6ccccc6c5c5c6ccccc6oc5c43)cc12.c1ccc2c(c1)oc1c2c2c3ccccc3c3ccccc3c2c2c3ccccc3n(-c3ccc4c5ccccc5c5ccccc5c4c3)c12. The maximum absolute atomic E-state index is 7.02. The van der Waals surface area contributed by atoms with E-state index in [4.69, 9.17) is 13.3 Å². The van der Waals surface area contributed by atoms with E-state index in [2.05, 4.69) is 481 Å². The summed E-state index contributed by atoms with van der Waals surface area (Å²) in [6.45, 7) is 0. The number of hydrogen-bond donors (Lipinski definition) is 0. The molecular weight excluding hydrogens is 1720 g/mol. The summed E-state index contributed by atoms with van der Waals surface area (Å²) in [6.07, 6.45) is 0. The highest BCUT2D eigenvalue weighted by Gasteiger charge is 2.32. The highest BCUT2D eigenvalue weighted by molar-refractivity contribution is 6.49. The fourth-order valence-corrected chi connectivity index (χ4v) is 25.7. The zero-order valence-corrected chi connectivity index (χ0v) is 76.5. The zero-order chi connectivity index (χ0) is 92.4. The topological polar surface area (TPSA) is 54.2 Å². The fraction of sp³-hybridized carbons (Fsp3) is 0. The number of benzene rings is 28. The van der Waals surface area contributed by atoms with Crippen LogP contribution in [0.25, 0.3) is 321 Å². The molecular formula is C136H77N3O3. The second-order valence-electron chi connectivity index (χ2n) is 38.3. The molecule has 0 fully saturated rings. The van der Waals surface area contributed by atoms with Gasteiger partial charge in [-0.3, -0.25) is 0 Å². The Kier molecular flexibility index (Phi) is 16.0. The van der Waals surface area contributed by atoms with Crippen molar-refractivity contribution in [2.24, 2.45) is 0 Å². The van der Waals surface area contributed by atoms with E-state index in [1.165, 1.54) is 237 Å². The van der Waals surface area contributed by atoms with Gasteiger partial charge in [0.05, 0.1) is 38.8 Å². The predicted octanol–water partition coefficient (Wildman–Crippen LogP) is 38.5. The van der Waals surface area contributed by atoms with Crippen LogP contribution in [0.1, 0.15) is 0 Å². The molecule has 0 atom stereocenters. The lowest BCUT2D eigenvalue weighted by Crippen LogP contribution is -1.97. The first kappa shape index (κ1) is 77.3. The average Bonchev–Trinajstić information content (AvgIpc) is 1.51. The Morgan fingerprint density at radius 3 is 0.725 bits per heavy atom. The smallest absolute Gasteiger partial charge is 0.160 e. The third-order valence-electron chi connectivity index (χ3n) is 31.3. The Hall–Kier alpha value is -18.9. The van der Waals surface area contributed by atoms with Gasteiger partial charge >= 0.3 is 0 Å². The van der Waals surface area contributed by atoms with Crippen LogP contribution in [0.2, 0.25) is 0 Å². The van der Waals surface area contributed by atoms with Gasteiger partial charge in [0.2, 0.25) is 0 Å². The summed E-state index contributed by atoms with van der Waals surface area (Å²) in [4.78, 5) is 0. The van der Waals surface area contributed by atoms with Crippen LogP contribution >= 0.6 is 0 Å². The number of para-hydroxylation sites is 6. The summed E-state index contributed by atoms with van der Waals surface area (Å²) in [5.41, 5.74) is 15.7. The normalized spacial score (nSPS) is 12.4. The van der Waals surface area contributed by atoms with E-state index in [1.807, 2.05) is 0 Å². The lowest BCUT2D eigenvalue weighted by Gasteiger charge is -2.16. The minimum atomic E-state index is 0.904. The third kappa shape index (κ3) is 10.5. The highest BCUT2D eigenvalue weighted by atomic mass is 16.3. The Balaban J connectivity index is 0.0000000959. The molecule has 0 N–H and O–H groups in total. The summed E-state index contributed by atoms with van der Waals surface area (Å²) in [6, 6.07) is 170. The van der Waals surface area contributed by atoms with E-state index in [1.54, 1.807) is 0 Å². The second-order valence-corrected chi connectivity index (χ2v) is 38.3. The minimum Gasteiger partial charge on any atom is -0.454 e. The fourth-order valence-electron chi connectivity index (χ4n) is 25.7. The molecule has 6 heterocycles. The predicted molar refractivity (Wildman–Crippen MR) is 604 cm³/mol. The number of aromatic nitrogens is 3. The Morgan fingerprint density at radius 1 is 0.127 bits per heavy atom. The van der Waals surface area contributed by atoms with Crippen LogP contribution in [-0.4, -0.2) is 13.7 Å². The van der Waals surface area contributed by atoms with E-state index < -0.39 is 0 Å². The molecule has 34 rings (SSSR count). The first-order valence-electron chi connectivity index (χ1n) is 49.0. The van der Waals surface area contributed by atoms with Gasteiger partial charge in [0.25, 0.3) is 0 Å². The molecule has 28 aromatic carbocycles. The number of hydrogen-bond acceptors (Lipinski definition) is 3. The number of fused-ring (bicyclic) bond motifs is 57. The van der Waals surface area contributed by atoms with E-state index in [-0.39, 0.29) is 0 Å². The zero-order valence-electron chi connectivity index (χ0n) is 76.5. The number of nitrogens with zero attached hydrogens (tertiary/aromatic N) is 3. The van der Waals surface area contributed by atoms with Crippen molar-refractivity contribution in [2.45, 2.75) is 0 Å². The van der Waals surface area contributed by atoms with Gasteiger partial charge in [-0.2, -0.15) is 0 Å². The molecule has 654 valence electrons. The van der Waals surface area contributed by atoms with Crippen LogP contribution in [0.3, 0.4) is 0 Å². The van der Waals surface area contributed by atoms with Gasteiger partial charge in [-0.1, -0.05) is 400 Å². The van der Waals surface area contributed by atoms with Crippen molar-refractivity contribution < 1.29 is 13.3 Å². The summed E-state index contributed by atoms with van der Waals surface area (Å²) < 4.78 is 28.4. The van der Waals surface area contributed by atoms with Crippen molar-refractivity contribution in [2.75, 3.05) is 0 Å². The van der Waals surface area contributed by atoms with Gasteiger partial charge in [-0.15, -0.1) is 0 Å². The molecule has 142 heavy (non-hydrogen) atoms. The summed E-state index contributed by atoms with van der Waals surface area (Å²) in [5, 5.41) is 54.7. The van der Waals surface area contributed by atoms with E-state index in [0.29, 0.717) is 0 Å². The van der Waals surface area contributed by atoms with Crippen LogP contribution in [0.4, 0.5) is 0 Å². The van der Waals surface area contributed by atoms with E-state index in [9.17, 15) is 0 Å². The van der Waals surface area contributed by atoms with Crippen molar-refractivity contribution in [3.8, 4) is 17.1 Å². The van der Waals surface area contributed by atoms with Crippen molar-refractivity contribution in [3.05, 3.63) is 467 Å². The lowest BCUT2D eigenvalue weighted by molar-refractivity contribution is 0.671. The Labute approximate surface area is 808 Å². The molecule has 0 bridgehead atoms.